The molecule has 0 aromatic carbocycles. The van der Waals surface area contributed by atoms with Gasteiger partial charge in [-0.05, 0) is 6.92 Å². The first-order valence-electron chi connectivity index (χ1n) is 3.14. The Morgan fingerprint density at radius 2 is 2.08 bits per heavy atom. The third kappa shape index (κ3) is 6.99. The van der Waals surface area contributed by atoms with E-state index in [0.717, 1.165) is 0 Å². The van der Waals surface area contributed by atoms with E-state index < -0.39 is 11.9 Å². The molecule has 0 aromatic heterocycles. The van der Waals surface area contributed by atoms with Crippen LogP contribution in [0.1, 0.15) is 14.8 Å². The van der Waals surface area contributed by atoms with Crippen molar-refractivity contribution in [3.05, 3.63) is 12.2 Å². The van der Waals surface area contributed by atoms with Crippen LogP contribution in [-0.2, 0) is 14.3 Å². The van der Waals surface area contributed by atoms with Gasteiger partial charge in [0, 0.05) is 5.57 Å². The fourth-order valence-electron chi connectivity index (χ4n) is 0.462. The molecule has 0 rings (SSSR count). The maximum Gasteiger partial charge on any atom is 1.00 e. The molecule has 0 unspecified atom stereocenters. The van der Waals surface area contributed by atoms with Crippen LogP contribution in [0.2, 0.25) is 0 Å². The fourth-order valence-corrected chi connectivity index (χ4v) is 0.462. The summed E-state index contributed by atoms with van der Waals surface area (Å²) in [7, 11) is 0. The summed E-state index contributed by atoms with van der Waals surface area (Å²) in [6, 6.07) is 0. The Morgan fingerprint density at radius 3 is 2.42 bits per heavy atom. The number of carbonyl (C=O) groups excluding carboxylic acids is 1. The van der Waals surface area contributed by atoms with Crippen LogP contribution < -0.4 is 51.4 Å². The van der Waals surface area contributed by atoms with Crippen LogP contribution in [0.3, 0.4) is 0 Å². The van der Waals surface area contributed by atoms with Gasteiger partial charge in [-0.15, -0.1) is 0 Å². The van der Waals surface area contributed by atoms with Crippen molar-refractivity contribution in [2.24, 2.45) is 0 Å². The second kappa shape index (κ2) is 7.94. The van der Waals surface area contributed by atoms with Gasteiger partial charge < -0.3 is 11.3 Å². The van der Waals surface area contributed by atoms with Crippen molar-refractivity contribution in [2.75, 3.05) is 6.61 Å². The minimum Gasteiger partial charge on any atom is -1.00 e. The van der Waals surface area contributed by atoms with E-state index in [9.17, 15) is 9.59 Å². The zero-order chi connectivity index (χ0) is 8.85. The van der Waals surface area contributed by atoms with Crippen molar-refractivity contribution in [3.8, 4) is 0 Å². The summed E-state index contributed by atoms with van der Waals surface area (Å²) >= 11 is 0. The molecule has 0 aliphatic heterocycles. The van der Waals surface area contributed by atoms with Crippen molar-refractivity contribution < 1.29 is 72.2 Å². The van der Waals surface area contributed by atoms with Crippen molar-refractivity contribution >= 4 is 11.9 Å². The molecular formula is C7H11KO4. The quantitative estimate of drug-likeness (QED) is 0.313. The van der Waals surface area contributed by atoms with Crippen molar-refractivity contribution in [2.45, 2.75) is 13.3 Å². The number of carboxylic acids is 1. The van der Waals surface area contributed by atoms with Gasteiger partial charge in [-0.2, -0.15) is 0 Å². The number of carbonyl (C=O) groups is 2. The largest absolute Gasteiger partial charge is 1.00 e. The molecule has 0 saturated heterocycles. The van der Waals surface area contributed by atoms with Crippen LogP contribution in [0, 0.1) is 0 Å². The second-order valence-electron chi connectivity index (χ2n) is 1.89. The molecular weight excluding hydrogens is 187 g/mol. The zero-order valence-electron chi connectivity index (χ0n) is 8.29. The molecule has 0 spiro atoms. The second-order valence-corrected chi connectivity index (χ2v) is 1.89. The number of ether oxygens (including phenoxy) is 1. The minimum absolute atomic E-state index is 0. The van der Waals surface area contributed by atoms with E-state index >= 15 is 0 Å². The predicted molar refractivity (Wildman–Crippen MR) is 39.1 cm³/mol. The van der Waals surface area contributed by atoms with Gasteiger partial charge in [0.1, 0.15) is 0 Å². The van der Waals surface area contributed by atoms with Gasteiger partial charge in [-0.25, -0.2) is 4.79 Å². The molecule has 0 aliphatic carbocycles. The SMILES string of the molecule is C=C(CC(=O)OCC)C(=O)O.[H-].[K+]. The number of hydrogen-bond donors (Lipinski definition) is 1. The smallest absolute Gasteiger partial charge is 1.00 e. The number of esters is 1. The molecule has 0 fully saturated rings. The molecule has 0 saturated carbocycles. The molecule has 4 nitrogen and oxygen atoms in total. The monoisotopic (exact) mass is 198 g/mol. The number of rotatable bonds is 4. The van der Waals surface area contributed by atoms with Gasteiger partial charge in [0.15, 0.2) is 0 Å². The molecule has 0 atom stereocenters. The Labute approximate surface area is 115 Å². The van der Waals surface area contributed by atoms with Gasteiger partial charge in [0.25, 0.3) is 0 Å². The first-order valence-corrected chi connectivity index (χ1v) is 3.14. The molecule has 1 N–H and O–H groups in total. The summed E-state index contributed by atoms with van der Waals surface area (Å²) in [5.41, 5.74) is -0.150. The van der Waals surface area contributed by atoms with E-state index in [4.69, 9.17) is 5.11 Å². The molecule has 64 valence electrons. The Hall–Kier alpha value is 0.316. The van der Waals surface area contributed by atoms with E-state index in [1.165, 1.54) is 0 Å². The predicted octanol–water partition coefficient (Wildman–Crippen LogP) is -2.30. The number of aliphatic carboxylic acids is 1. The Morgan fingerprint density at radius 1 is 1.58 bits per heavy atom. The molecule has 0 amide bonds. The maximum atomic E-state index is 10.6. The van der Waals surface area contributed by atoms with Crippen molar-refractivity contribution in [1.82, 2.24) is 0 Å². The van der Waals surface area contributed by atoms with Crippen molar-refractivity contribution in [1.29, 1.82) is 0 Å². The Kier molecular flexibility index (Phi) is 9.81. The average molecular weight is 198 g/mol. The summed E-state index contributed by atoms with van der Waals surface area (Å²) in [5.74, 6) is -1.72. The molecule has 5 heteroatoms. The summed E-state index contributed by atoms with van der Waals surface area (Å²) in [6.07, 6.45) is -0.247. The summed E-state index contributed by atoms with van der Waals surface area (Å²) in [4.78, 5) is 20.7. The van der Waals surface area contributed by atoms with Crippen molar-refractivity contribution in [3.63, 3.8) is 0 Å². The van der Waals surface area contributed by atoms with Crippen LogP contribution in [0.5, 0.6) is 0 Å². The molecule has 12 heavy (non-hydrogen) atoms. The fraction of sp³-hybridized carbons (Fsp3) is 0.429. The van der Waals surface area contributed by atoms with E-state index in [2.05, 4.69) is 11.3 Å². The molecule has 0 aliphatic rings. The van der Waals surface area contributed by atoms with Gasteiger partial charge in [-0.3, -0.25) is 4.79 Å². The molecule has 0 radical (unpaired) electrons. The van der Waals surface area contributed by atoms with Gasteiger partial charge in [-0.1, -0.05) is 6.58 Å². The maximum absolute atomic E-state index is 10.6. The summed E-state index contributed by atoms with van der Waals surface area (Å²) < 4.78 is 4.50. The van der Waals surface area contributed by atoms with E-state index in [1.807, 2.05) is 0 Å². The van der Waals surface area contributed by atoms with Gasteiger partial charge in [0.05, 0.1) is 13.0 Å². The van der Waals surface area contributed by atoms with Crippen LogP contribution >= 0.6 is 0 Å². The Balaban J connectivity index is -0.000000500. The summed E-state index contributed by atoms with van der Waals surface area (Å²) in [6.45, 7) is 5.09. The van der Waals surface area contributed by atoms with Crippen LogP contribution in [0.4, 0.5) is 0 Å². The third-order valence-corrected chi connectivity index (χ3v) is 0.966. The third-order valence-electron chi connectivity index (χ3n) is 0.966. The van der Waals surface area contributed by atoms with E-state index in [0.29, 0.717) is 0 Å². The molecule has 0 aromatic rings. The zero-order valence-corrected chi connectivity index (χ0v) is 10.4. The Bertz CT molecular complexity index is 193. The standard InChI is InChI=1S/C7H10O4.K.H/c1-3-11-6(8)4-5(2)7(9)10;;/h2-4H2,1H3,(H,9,10);;/q;+1;-1. The summed E-state index contributed by atoms with van der Waals surface area (Å²) in [5, 5.41) is 8.29. The number of hydrogen-bond acceptors (Lipinski definition) is 3. The minimum atomic E-state index is -1.17. The van der Waals surface area contributed by atoms with E-state index in [-0.39, 0.29) is 71.4 Å². The topological polar surface area (TPSA) is 63.6 Å². The number of carboxylic acid groups (broad SMARTS) is 1. The normalized spacial score (nSPS) is 8.08. The van der Waals surface area contributed by atoms with Crippen LogP contribution in [0.25, 0.3) is 0 Å². The van der Waals surface area contributed by atoms with Gasteiger partial charge in [0.2, 0.25) is 0 Å². The van der Waals surface area contributed by atoms with Crippen LogP contribution in [0.15, 0.2) is 12.2 Å². The molecule has 0 heterocycles. The average Bonchev–Trinajstić information content (AvgIpc) is 1.87. The first-order chi connectivity index (χ1) is 5.07. The molecule has 0 bridgehead atoms. The van der Waals surface area contributed by atoms with Crippen LogP contribution in [-0.4, -0.2) is 23.7 Å². The first kappa shape index (κ1) is 14.8. The van der Waals surface area contributed by atoms with Gasteiger partial charge >= 0.3 is 63.3 Å². The van der Waals surface area contributed by atoms with E-state index in [1.54, 1.807) is 6.92 Å².